The van der Waals surface area contributed by atoms with Gasteiger partial charge in [-0.3, -0.25) is 4.79 Å². The maximum absolute atomic E-state index is 12.0. The van der Waals surface area contributed by atoms with E-state index >= 15 is 0 Å². The third-order valence-corrected chi connectivity index (χ3v) is 2.91. The molecule has 0 heterocycles. The van der Waals surface area contributed by atoms with Crippen LogP contribution in [0.15, 0.2) is 30.3 Å². The van der Waals surface area contributed by atoms with Crippen molar-refractivity contribution in [2.75, 3.05) is 18.5 Å². The predicted octanol–water partition coefficient (Wildman–Crippen LogP) is 2.47. The molecule has 1 aromatic rings. The van der Waals surface area contributed by atoms with Crippen LogP contribution in [-0.4, -0.2) is 37.2 Å². The second-order valence-corrected chi connectivity index (χ2v) is 5.11. The highest BCUT2D eigenvalue weighted by atomic mass is 16.5. The van der Waals surface area contributed by atoms with Crippen molar-refractivity contribution in [3.05, 3.63) is 30.3 Å². The van der Waals surface area contributed by atoms with Gasteiger partial charge in [-0.2, -0.15) is 0 Å². The maximum atomic E-state index is 12.0. The molecule has 0 aliphatic rings. The number of hydrogen-bond donors (Lipinski definition) is 2. The molecule has 0 aromatic heterocycles. The molecule has 1 unspecified atom stereocenters. The lowest BCUT2D eigenvalue weighted by Crippen LogP contribution is -2.45. The Bertz CT molecular complexity index is 533. The molecule has 7 nitrogen and oxygen atoms in total. The van der Waals surface area contributed by atoms with Crippen molar-refractivity contribution < 1.29 is 23.9 Å². The number of anilines is 1. The number of carbonyl (C=O) groups is 3. The van der Waals surface area contributed by atoms with E-state index in [0.717, 1.165) is 0 Å². The predicted molar refractivity (Wildman–Crippen MR) is 89.5 cm³/mol. The van der Waals surface area contributed by atoms with Crippen molar-refractivity contribution in [2.24, 2.45) is 0 Å². The first kappa shape index (κ1) is 19.5. The molecule has 24 heavy (non-hydrogen) atoms. The van der Waals surface area contributed by atoms with E-state index in [0.29, 0.717) is 18.5 Å². The van der Waals surface area contributed by atoms with Crippen LogP contribution in [0.25, 0.3) is 0 Å². The summed E-state index contributed by atoms with van der Waals surface area (Å²) in [6, 6.07) is 7.08. The fourth-order valence-electron chi connectivity index (χ4n) is 1.78. The third kappa shape index (κ3) is 7.62. The summed E-state index contributed by atoms with van der Waals surface area (Å²) in [7, 11) is 0. The molecule has 0 saturated heterocycles. The highest BCUT2D eigenvalue weighted by molar-refractivity contribution is 5.93. The van der Waals surface area contributed by atoms with E-state index in [4.69, 9.17) is 9.47 Å². The van der Waals surface area contributed by atoms with Crippen LogP contribution in [0.3, 0.4) is 0 Å². The quantitative estimate of drug-likeness (QED) is 0.676. The first-order valence-electron chi connectivity index (χ1n) is 8.01. The average Bonchev–Trinajstić information content (AvgIpc) is 2.58. The summed E-state index contributed by atoms with van der Waals surface area (Å²) >= 11 is 0. The molecule has 0 radical (unpaired) electrons. The summed E-state index contributed by atoms with van der Waals surface area (Å²) in [5.41, 5.74) is 0.573. The van der Waals surface area contributed by atoms with E-state index in [9.17, 15) is 14.4 Å². The minimum atomic E-state index is -1.09. The SMILES string of the molecule is CCCOC(=O)CC(NC(=O)Nc1ccccc1)C(=O)OCCC. The van der Waals surface area contributed by atoms with Gasteiger partial charge in [0.2, 0.25) is 0 Å². The number of amides is 2. The van der Waals surface area contributed by atoms with Gasteiger partial charge in [-0.15, -0.1) is 0 Å². The molecule has 0 fully saturated rings. The number of nitrogens with one attached hydrogen (secondary N) is 2. The Balaban J connectivity index is 2.63. The standard InChI is InChI=1S/C17H24N2O5/c1-3-10-23-15(20)12-14(16(21)24-11-4-2)19-17(22)18-13-8-6-5-7-9-13/h5-9,14H,3-4,10-12H2,1-2H3,(H2,18,19,22). The molecule has 7 heteroatoms. The molecule has 1 aromatic carbocycles. The molecule has 1 atom stereocenters. The summed E-state index contributed by atoms with van der Waals surface area (Å²) in [4.78, 5) is 35.8. The second kappa shape index (κ2) is 11.0. The number of ether oxygens (including phenoxy) is 2. The van der Waals surface area contributed by atoms with E-state index in [1.54, 1.807) is 24.3 Å². The fourth-order valence-corrected chi connectivity index (χ4v) is 1.78. The Labute approximate surface area is 141 Å². The average molecular weight is 336 g/mol. The molecule has 2 amide bonds. The van der Waals surface area contributed by atoms with Crippen molar-refractivity contribution in [3.63, 3.8) is 0 Å². The third-order valence-electron chi connectivity index (χ3n) is 2.91. The Kier molecular flexibility index (Phi) is 8.96. The Hall–Kier alpha value is -2.57. The minimum absolute atomic E-state index is 0.224. The molecule has 1 rings (SSSR count). The minimum Gasteiger partial charge on any atom is -0.466 e. The van der Waals surface area contributed by atoms with Crippen molar-refractivity contribution in [1.82, 2.24) is 5.32 Å². The summed E-state index contributed by atoms with van der Waals surface area (Å²) in [6.07, 6.45) is 1.05. The smallest absolute Gasteiger partial charge is 0.329 e. The lowest BCUT2D eigenvalue weighted by molar-refractivity contribution is -0.152. The maximum Gasteiger partial charge on any atom is 0.329 e. The van der Waals surface area contributed by atoms with E-state index in [1.165, 1.54) is 0 Å². The van der Waals surface area contributed by atoms with Crippen LogP contribution >= 0.6 is 0 Å². The zero-order valence-corrected chi connectivity index (χ0v) is 14.0. The van der Waals surface area contributed by atoms with Gasteiger partial charge in [-0.25, -0.2) is 9.59 Å². The first-order valence-corrected chi connectivity index (χ1v) is 8.01. The highest BCUT2D eigenvalue weighted by Gasteiger charge is 2.26. The van der Waals surface area contributed by atoms with Gasteiger partial charge in [0, 0.05) is 5.69 Å². The number of benzene rings is 1. The number of rotatable bonds is 9. The van der Waals surface area contributed by atoms with E-state index in [1.807, 2.05) is 19.9 Å². The Morgan fingerprint density at radius 2 is 1.62 bits per heavy atom. The Morgan fingerprint density at radius 1 is 1.00 bits per heavy atom. The molecule has 0 spiro atoms. The van der Waals surface area contributed by atoms with Crippen molar-refractivity contribution >= 4 is 23.7 Å². The summed E-state index contributed by atoms with van der Waals surface area (Å²) in [5.74, 6) is -1.22. The lowest BCUT2D eigenvalue weighted by Gasteiger charge is -2.17. The molecule has 0 saturated carbocycles. The van der Waals surface area contributed by atoms with Gasteiger partial charge < -0.3 is 20.1 Å². The van der Waals surface area contributed by atoms with E-state index in [2.05, 4.69) is 10.6 Å². The molecule has 0 bridgehead atoms. The molecule has 0 aliphatic heterocycles. The zero-order chi connectivity index (χ0) is 17.8. The molecule has 132 valence electrons. The van der Waals surface area contributed by atoms with Crippen LogP contribution in [-0.2, 0) is 19.1 Å². The van der Waals surface area contributed by atoms with Crippen LogP contribution in [0, 0.1) is 0 Å². The van der Waals surface area contributed by atoms with Gasteiger partial charge in [0.15, 0.2) is 0 Å². The Morgan fingerprint density at radius 3 is 2.25 bits per heavy atom. The van der Waals surface area contributed by atoms with E-state index in [-0.39, 0.29) is 19.6 Å². The topological polar surface area (TPSA) is 93.7 Å². The van der Waals surface area contributed by atoms with Crippen molar-refractivity contribution in [2.45, 2.75) is 39.2 Å². The fraction of sp³-hybridized carbons (Fsp3) is 0.471. The molecule has 0 aliphatic carbocycles. The summed E-state index contributed by atoms with van der Waals surface area (Å²) < 4.78 is 9.98. The van der Waals surface area contributed by atoms with Crippen LogP contribution in [0.5, 0.6) is 0 Å². The molecule has 2 N–H and O–H groups in total. The van der Waals surface area contributed by atoms with Gasteiger partial charge in [0.25, 0.3) is 0 Å². The van der Waals surface area contributed by atoms with Crippen LogP contribution in [0.2, 0.25) is 0 Å². The number of hydrogen-bond acceptors (Lipinski definition) is 5. The number of para-hydroxylation sites is 1. The zero-order valence-electron chi connectivity index (χ0n) is 14.0. The van der Waals surface area contributed by atoms with Crippen LogP contribution in [0.4, 0.5) is 10.5 Å². The van der Waals surface area contributed by atoms with Gasteiger partial charge >= 0.3 is 18.0 Å². The molecular weight excluding hydrogens is 312 g/mol. The number of urea groups is 1. The lowest BCUT2D eigenvalue weighted by atomic mass is 10.2. The summed E-state index contributed by atoms with van der Waals surface area (Å²) in [6.45, 7) is 4.21. The van der Waals surface area contributed by atoms with Crippen LogP contribution in [0.1, 0.15) is 33.1 Å². The highest BCUT2D eigenvalue weighted by Crippen LogP contribution is 2.06. The van der Waals surface area contributed by atoms with Crippen molar-refractivity contribution in [3.8, 4) is 0 Å². The second-order valence-electron chi connectivity index (χ2n) is 5.11. The number of carbonyl (C=O) groups excluding carboxylic acids is 3. The normalized spacial score (nSPS) is 11.2. The van der Waals surface area contributed by atoms with Gasteiger partial charge in [-0.05, 0) is 25.0 Å². The van der Waals surface area contributed by atoms with Gasteiger partial charge in [0.05, 0.1) is 19.6 Å². The van der Waals surface area contributed by atoms with Gasteiger partial charge in [-0.1, -0.05) is 32.0 Å². The molecular formula is C17H24N2O5. The summed E-state index contributed by atoms with van der Waals surface area (Å²) in [5, 5.41) is 5.05. The number of esters is 2. The van der Waals surface area contributed by atoms with Crippen LogP contribution < -0.4 is 10.6 Å². The monoisotopic (exact) mass is 336 g/mol. The van der Waals surface area contributed by atoms with E-state index < -0.39 is 24.0 Å². The van der Waals surface area contributed by atoms with Crippen molar-refractivity contribution in [1.29, 1.82) is 0 Å². The largest absolute Gasteiger partial charge is 0.466 e. The van der Waals surface area contributed by atoms with Gasteiger partial charge in [0.1, 0.15) is 6.04 Å². The first-order chi connectivity index (χ1) is 11.6.